The summed E-state index contributed by atoms with van der Waals surface area (Å²) in [6.45, 7) is 0. The number of halogens is 1. The molecule has 0 aliphatic carbocycles. The number of allylic oxidation sites excluding steroid dienone is 2. The van der Waals surface area contributed by atoms with Crippen molar-refractivity contribution >= 4 is 32.6 Å². The number of hydrogen-bond donors (Lipinski definition) is 2. The first-order valence-corrected chi connectivity index (χ1v) is 12.6. The Hall–Kier alpha value is -2.44. The van der Waals surface area contributed by atoms with Gasteiger partial charge in [0.1, 0.15) is 28.0 Å². The zero-order valence-corrected chi connectivity index (χ0v) is 21.8. The molecule has 2 aromatic carbocycles. The van der Waals surface area contributed by atoms with Gasteiger partial charge < -0.3 is 24.3 Å². The van der Waals surface area contributed by atoms with Gasteiger partial charge in [0, 0.05) is 18.6 Å². The maximum Gasteiger partial charge on any atom is 0.253 e. The highest BCUT2D eigenvalue weighted by Crippen LogP contribution is 2.43. The Balaban J connectivity index is 2.11. The van der Waals surface area contributed by atoms with E-state index < -0.39 is 13.4 Å². The van der Waals surface area contributed by atoms with Gasteiger partial charge in [-0.1, -0.05) is 34.7 Å². The van der Waals surface area contributed by atoms with Crippen LogP contribution in [0.15, 0.2) is 59.3 Å². The first-order valence-electron chi connectivity index (χ1n) is 9.96. The van der Waals surface area contributed by atoms with Crippen LogP contribution in [-0.2, 0) is 22.9 Å². The van der Waals surface area contributed by atoms with Gasteiger partial charge in [-0.2, -0.15) is 0 Å². The van der Waals surface area contributed by atoms with E-state index in [0.717, 1.165) is 11.1 Å². The van der Waals surface area contributed by atoms with Gasteiger partial charge in [-0.15, -0.1) is 0 Å². The molecule has 0 amide bonds. The third kappa shape index (κ3) is 5.56. The lowest BCUT2D eigenvalue weighted by Gasteiger charge is -2.33. The minimum absolute atomic E-state index is 0.0234. The van der Waals surface area contributed by atoms with Crippen LogP contribution >= 0.6 is 22.6 Å². The molecule has 0 saturated carbocycles. The second kappa shape index (κ2) is 10.2. The van der Waals surface area contributed by atoms with Crippen molar-refractivity contribution < 1.29 is 27.4 Å². The monoisotopic (exact) mass is 586 g/mol. The molecule has 178 valence electrons. The molecule has 0 spiro atoms. The molecular weight excluding hydrogens is 559 g/mol. The zero-order valence-electron chi connectivity index (χ0n) is 18.8. The number of primary sulfonamides is 1. The minimum atomic E-state index is -4.02. The lowest BCUT2D eigenvalue weighted by atomic mass is 9.86. The van der Waals surface area contributed by atoms with E-state index in [-0.39, 0.29) is 11.4 Å². The maximum absolute atomic E-state index is 12.5. The first-order chi connectivity index (χ1) is 15.6. The number of ether oxygens (including phenoxy) is 4. The molecular formula is C23H27IN2O6S. The molecule has 3 N–H and O–H groups in total. The number of rotatable bonds is 9. The molecule has 0 saturated heterocycles. The maximum atomic E-state index is 12.5. The number of alkyl halides is 1. The Kier molecular flexibility index (Phi) is 7.80. The van der Waals surface area contributed by atoms with Crippen molar-refractivity contribution in [3.8, 4) is 23.0 Å². The van der Waals surface area contributed by atoms with E-state index in [1.807, 2.05) is 30.3 Å². The summed E-state index contributed by atoms with van der Waals surface area (Å²) >= 11 is 2.27. The summed E-state index contributed by atoms with van der Waals surface area (Å²) in [7, 11) is 2.29. The Morgan fingerprint density at radius 2 is 1.45 bits per heavy atom. The summed E-state index contributed by atoms with van der Waals surface area (Å²) in [5.74, 6) is 2.55. The number of nitrogens with one attached hydrogen (secondary N) is 1. The summed E-state index contributed by atoms with van der Waals surface area (Å²) in [6, 6.07) is 11.0. The lowest BCUT2D eigenvalue weighted by molar-refractivity contribution is 0.390. The predicted octanol–water partition coefficient (Wildman–Crippen LogP) is 3.30. The topological polar surface area (TPSA) is 109 Å². The molecule has 1 atom stereocenters. The molecule has 0 bridgehead atoms. The smallest absolute Gasteiger partial charge is 0.253 e. The number of nitrogens with two attached hydrogens (primary N) is 1. The number of sulfonamides is 1. The van der Waals surface area contributed by atoms with E-state index >= 15 is 0 Å². The molecule has 3 rings (SSSR count). The molecule has 0 radical (unpaired) electrons. The van der Waals surface area contributed by atoms with Crippen molar-refractivity contribution in [3.05, 3.63) is 70.4 Å². The van der Waals surface area contributed by atoms with Crippen LogP contribution in [-0.4, -0.2) is 40.3 Å². The fourth-order valence-corrected chi connectivity index (χ4v) is 5.80. The molecule has 2 aromatic rings. The molecule has 0 fully saturated rings. The molecule has 1 aliphatic heterocycles. The highest BCUT2D eigenvalue weighted by atomic mass is 127. The van der Waals surface area contributed by atoms with Gasteiger partial charge in [0.05, 0.1) is 31.9 Å². The molecule has 1 unspecified atom stereocenters. The SMILES string of the molecule is COc1ccc(CC2=C(S(N)(=O)=O)NC=CC2(I)Cc2ccc(OC)cc2OC)c(OC)c1. The standard InChI is InChI=1S/C23H27IN2O6S/c1-29-17-7-5-15(20(12-17)31-3)11-19-22(33(25,27)28)26-10-9-23(19,24)14-16-6-8-18(30-2)13-21(16)32-4/h5-10,12-13,26H,11,14H2,1-4H3,(H2,25,27,28). The second-order valence-corrected chi connectivity index (χ2v) is 10.8. The van der Waals surface area contributed by atoms with Gasteiger partial charge in [-0.05, 0) is 47.5 Å². The first kappa shape index (κ1) is 25.2. The van der Waals surface area contributed by atoms with Crippen LogP contribution in [0.5, 0.6) is 23.0 Å². The Morgan fingerprint density at radius 3 is 1.97 bits per heavy atom. The minimum Gasteiger partial charge on any atom is -0.497 e. The number of hydrogen-bond acceptors (Lipinski definition) is 7. The van der Waals surface area contributed by atoms with E-state index in [2.05, 4.69) is 27.9 Å². The van der Waals surface area contributed by atoms with Crippen LogP contribution in [0.4, 0.5) is 0 Å². The van der Waals surface area contributed by atoms with E-state index in [4.69, 9.17) is 24.1 Å². The zero-order chi connectivity index (χ0) is 24.2. The van der Waals surface area contributed by atoms with E-state index in [0.29, 0.717) is 35.0 Å². The molecule has 10 heteroatoms. The van der Waals surface area contributed by atoms with Crippen LogP contribution in [0.3, 0.4) is 0 Å². The summed E-state index contributed by atoms with van der Waals surface area (Å²) in [5.41, 5.74) is 2.30. The average Bonchev–Trinajstić information content (AvgIpc) is 2.80. The van der Waals surface area contributed by atoms with Crippen LogP contribution in [0.25, 0.3) is 0 Å². The second-order valence-electron chi connectivity index (χ2n) is 7.40. The molecule has 8 nitrogen and oxygen atoms in total. The van der Waals surface area contributed by atoms with Crippen LogP contribution in [0.2, 0.25) is 0 Å². The summed E-state index contributed by atoms with van der Waals surface area (Å²) in [5, 5.41) is 8.42. The van der Waals surface area contributed by atoms with Crippen molar-refractivity contribution in [3.63, 3.8) is 0 Å². The summed E-state index contributed by atoms with van der Waals surface area (Å²) in [4.78, 5) is 0. The Morgan fingerprint density at radius 1 is 0.909 bits per heavy atom. The fraction of sp³-hybridized carbons (Fsp3) is 0.304. The van der Waals surface area contributed by atoms with Gasteiger partial charge in [-0.25, -0.2) is 13.6 Å². The van der Waals surface area contributed by atoms with Gasteiger partial charge in [0.25, 0.3) is 10.0 Å². The third-order valence-corrected chi connectivity index (χ3v) is 7.75. The third-order valence-electron chi connectivity index (χ3n) is 5.43. The highest BCUT2D eigenvalue weighted by molar-refractivity contribution is 14.1. The highest BCUT2D eigenvalue weighted by Gasteiger charge is 2.38. The van der Waals surface area contributed by atoms with E-state index in [1.165, 1.54) is 0 Å². The van der Waals surface area contributed by atoms with Crippen molar-refractivity contribution in [1.82, 2.24) is 5.32 Å². The van der Waals surface area contributed by atoms with Crippen LogP contribution in [0.1, 0.15) is 11.1 Å². The largest absolute Gasteiger partial charge is 0.497 e. The van der Waals surface area contributed by atoms with Crippen molar-refractivity contribution in [2.75, 3.05) is 28.4 Å². The normalized spacial score (nSPS) is 18.0. The van der Waals surface area contributed by atoms with E-state index in [9.17, 15) is 8.42 Å². The molecule has 1 aliphatic rings. The number of methoxy groups -OCH3 is 4. The molecule has 0 aromatic heterocycles. The average molecular weight is 586 g/mol. The number of dihydropyridines is 1. The van der Waals surface area contributed by atoms with Crippen molar-refractivity contribution in [1.29, 1.82) is 0 Å². The van der Waals surface area contributed by atoms with Crippen molar-refractivity contribution in [2.45, 2.75) is 16.3 Å². The van der Waals surface area contributed by atoms with Gasteiger partial charge in [0.15, 0.2) is 0 Å². The van der Waals surface area contributed by atoms with Crippen LogP contribution < -0.4 is 29.4 Å². The molecule has 1 heterocycles. The summed E-state index contributed by atoms with van der Waals surface area (Å²) in [6.07, 6.45) is 4.29. The Bertz CT molecular complexity index is 1200. The van der Waals surface area contributed by atoms with Crippen LogP contribution in [0, 0.1) is 0 Å². The van der Waals surface area contributed by atoms with Gasteiger partial charge >= 0.3 is 0 Å². The number of benzene rings is 2. The molecule has 33 heavy (non-hydrogen) atoms. The van der Waals surface area contributed by atoms with Gasteiger partial charge in [-0.3, -0.25) is 0 Å². The Labute approximate surface area is 207 Å². The van der Waals surface area contributed by atoms with Gasteiger partial charge in [0.2, 0.25) is 0 Å². The quantitative estimate of drug-likeness (QED) is 0.343. The fourth-order valence-electron chi connectivity index (χ4n) is 3.74. The summed E-state index contributed by atoms with van der Waals surface area (Å²) < 4.78 is 46.0. The predicted molar refractivity (Wildman–Crippen MR) is 136 cm³/mol. The van der Waals surface area contributed by atoms with E-state index in [1.54, 1.807) is 46.8 Å². The lowest BCUT2D eigenvalue weighted by Crippen LogP contribution is -2.37. The van der Waals surface area contributed by atoms with Crippen molar-refractivity contribution in [2.24, 2.45) is 5.14 Å².